The summed E-state index contributed by atoms with van der Waals surface area (Å²) in [4.78, 5) is 61.1. The van der Waals surface area contributed by atoms with E-state index in [1.54, 1.807) is 0 Å². The van der Waals surface area contributed by atoms with Crippen LogP contribution in [0.25, 0.3) is 6.08 Å². The van der Waals surface area contributed by atoms with E-state index in [0.717, 1.165) is 0 Å². The second kappa shape index (κ2) is 14.2. The Balaban J connectivity index is 2.37. The average molecular weight is 575 g/mol. The van der Waals surface area contributed by atoms with Crippen LogP contribution in [0.3, 0.4) is 0 Å². The molecule has 10 heteroatoms. The lowest BCUT2D eigenvalue weighted by Gasteiger charge is -2.13. The van der Waals surface area contributed by atoms with Crippen LogP contribution >= 0.6 is 0 Å². The van der Waals surface area contributed by atoms with Gasteiger partial charge in [0.1, 0.15) is 5.75 Å². The van der Waals surface area contributed by atoms with Crippen molar-refractivity contribution in [1.29, 1.82) is 0 Å². The molecule has 0 N–H and O–H groups in total. The van der Waals surface area contributed by atoms with Gasteiger partial charge in [0.15, 0.2) is 23.0 Å². The Bertz CT molecular complexity index is 1550. The molecule has 42 heavy (non-hydrogen) atoms. The molecule has 0 heterocycles. The summed E-state index contributed by atoms with van der Waals surface area (Å²) in [5, 5.41) is 0. The summed E-state index contributed by atoms with van der Waals surface area (Å²) in [6.45, 7) is 21.3. The monoisotopic (exact) mass is 574 g/mol. The Morgan fingerprint density at radius 3 is 1.31 bits per heavy atom. The van der Waals surface area contributed by atoms with Crippen molar-refractivity contribution >= 4 is 35.9 Å². The molecule has 0 aliphatic rings. The first kappa shape index (κ1) is 32.7. The van der Waals surface area contributed by atoms with Gasteiger partial charge < -0.3 is 23.7 Å². The summed E-state index contributed by atoms with van der Waals surface area (Å²) in [6.07, 6.45) is 1.44. The Kier molecular flexibility index (Phi) is 11.1. The third-order valence-electron chi connectivity index (χ3n) is 5.00. The Hall–Kier alpha value is -5.51. The summed E-state index contributed by atoms with van der Waals surface area (Å²) in [7, 11) is 0. The number of rotatable bonds is 11. The van der Waals surface area contributed by atoms with Gasteiger partial charge in [0.25, 0.3) is 0 Å². The highest BCUT2D eigenvalue weighted by molar-refractivity contribution is 5.95. The highest BCUT2D eigenvalue weighted by Crippen LogP contribution is 2.34. The van der Waals surface area contributed by atoms with Crippen LogP contribution in [-0.4, -0.2) is 29.8 Å². The lowest BCUT2D eigenvalue weighted by atomic mass is 10.1. The van der Waals surface area contributed by atoms with Crippen molar-refractivity contribution in [2.24, 2.45) is 0 Å². The van der Waals surface area contributed by atoms with Crippen molar-refractivity contribution < 1.29 is 47.7 Å². The summed E-state index contributed by atoms with van der Waals surface area (Å²) in [5.74, 6) is -4.23. The van der Waals surface area contributed by atoms with Gasteiger partial charge in [-0.05, 0) is 70.5 Å². The molecule has 0 saturated carbocycles. The van der Waals surface area contributed by atoms with E-state index in [2.05, 4.69) is 26.3 Å². The fourth-order valence-electron chi connectivity index (χ4n) is 2.74. The van der Waals surface area contributed by atoms with E-state index in [1.165, 1.54) is 77.1 Å². The number of ether oxygens (including phenoxy) is 5. The fourth-order valence-corrected chi connectivity index (χ4v) is 2.74. The van der Waals surface area contributed by atoms with Crippen LogP contribution < -0.4 is 23.7 Å². The molecular formula is C32H30O10. The number of hydrogen-bond donors (Lipinski definition) is 0. The van der Waals surface area contributed by atoms with Crippen LogP contribution in [0, 0.1) is 0 Å². The van der Waals surface area contributed by atoms with Gasteiger partial charge in [0.2, 0.25) is 0 Å². The number of carbonyl (C=O) groups excluding carboxylic acids is 5. The number of esters is 5. The maximum atomic E-state index is 12.9. The van der Waals surface area contributed by atoms with E-state index in [9.17, 15) is 24.0 Å². The molecule has 0 fully saturated rings. The molecule has 2 rings (SSSR count). The molecule has 0 atom stereocenters. The second-order valence-corrected chi connectivity index (χ2v) is 9.21. The normalized spacial score (nSPS) is 10.5. The number of benzene rings is 2. The summed E-state index contributed by atoms with van der Waals surface area (Å²) < 4.78 is 26.4. The minimum atomic E-state index is -0.789. The molecule has 10 nitrogen and oxygen atoms in total. The van der Waals surface area contributed by atoms with Crippen molar-refractivity contribution in [2.75, 3.05) is 0 Å². The molecule has 0 spiro atoms. The van der Waals surface area contributed by atoms with E-state index < -0.39 is 29.8 Å². The van der Waals surface area contributed by atoms with Crippen LogP contribution in [0.4, 0.5) is 0 Å². The molecule has 0 unspecified atom stereocenters. The molecule has 0 aromatic heterocycles. The van der Waals surface area contributed by atoms with Gasteiger partial charge in [0.05, 0.1) is 0 Å². The molecule has 0 aliphatic heterocycles. The van der Waals surface area contributed by atoms with Gasteiger partial charge >= 0.3 is 29.8 Å². The molecule has 0 saturated heterocycles. The molecular weight excluding hydrogens is 544 g/mol. The predicted octanol–water partition coefficient (Wildman–Crippen LogP) is 5.62. The molecule has 0 amide bonds. The third kappa shape index (κ3) is 9.30. The van der Waals surface area contributed by atoms with Gasteiger partial charge in [-0.1, -0.05) is 32.4 Å². The minimum Gasteiger partial charge on any atom is -0.423 e. The van der Waals surface area contributed by atoms with Crippen LogP contribution in [0.15, 0.2) is 90.6 Å². The Morgan fingerprint density at radius 1 is 0.500 bits per heavy atom. The molecule has 0 aliphatic carbocycles. The first-order valence-electron chi connectivity index (χ1n) is 12.3. The van der Waals surface area contributed by atoms with Gasteiger partial charge in [0, 0.05) is 33.9 Å². The fraction of sp³-hybridized carbons (Fsp3) is 0.156. The zero-order valence-corrected chi connectivity index (χ0v) is 24.0. The summed E-state index contributed by atoms with van der Waals surface area (Å²) in [5.41, 5.74) is 0.973. The molecule has 0 bridgehead atoms. The van der Waals surface area contributed by atoms with Crippen molar-refractivity contribution in [2.45, 2.75) is 34.6 Å². The average Bonchev–Trinajstić information content (AvgIpc) is 2.90. The topological polar surface area (TPSA) is 132 Å². The van der Waals surface area contributed by atoms with E-state index in [-0.39, 0.29) is 56.6 Å². The molecule has 0 radical (unpaired) electrons. The molecule has 2 aromatic rings. The molecule has 2 aromatic carbocycles. The second-order valence-electron chi connectivity index (χ2n) is 9.21. The Labute approximate surface area is 243 Å². The first-order chi connectivity index (χ1) is 19.6. The highest BCUT2D eigenvalue weighted by atomic mass is 16.6. The van der Waals surface area contributed by atoms with Crippen molar-refractivity contribution in [1.82, 2.24) is 0 Å². The van der Waals surface area contributed by atoms with E-state index in [0.29, 0.717) is 5.56 Å². The zero-order chi connectivity index (χ0) is 31.7. The van der Waals surface area contributed by atoms with Crippen LogP contribution in [-0.2, 0) is 24.0 Å². The maximum Gasteiger partial charge on any atom is 0.339 e. The van der Waals surface area contributed by atoms with Crippen LogP contribution in [0.5, 0.6) is 28.7 Å². The first-order valence-corrected chi connectivity index (χ1v) is 12.3. The van der Waals surface area contributed by atoms with Crippen LogP contribution in [0.2, 0.25) is 0 Å². The number of hydrogen-bond acceptors (Lipinski definition) is 10. The largest absolute Gasteiger partial charge is 0.423 e. The SMILES string of the molecule is C=C(C)C(=O)Oc1ccc(C=C(C)C(=O)Oc2ccc(OC(=O)C(=C)C)c(OC(=O)C(=C)C)c2)cc1OC(=O)C(=C)C. The zero-order valence-electron chi connectivity index (χ0n) is 24.0. The third-order valence-corrected chi connectivity index (χ3v) is 5.00. The van der Waals surface area contributed by atoms with Gasteiger partial charge in [-0.25, -0.2) is 24.0 Å². The lowest BCUT2D eigenvalue weighted by molar-refractivity contribution is -0.132. The van der Waals surface area contributed by atoms with Crippen molar-refractivity contribution in [3.05, 3.63) is 96.1 Å². The van der Waals surface area contributed by atoms with Gasteiger partial charge in [-0.2, -0.15) is 0 Å². The Morgan fingerprint density at radius 2 is 0.881 bits per heavy atom. The van der Waals surface area contributed by atoms with E-state index in [4.69, 9.17) is 23.7 Å². The van der Waals surface area contributed by atoms with Crippen molar-refractivity contribution in [3.8, 4) is 28.7 Å². The van der Waals surface area contributed by atoms with Gasteiger partial charge in [-0.15, -0.1) is 0 Å². The minimum absolute atomic E-state index is 0.0227. The smallest absolute Gasteiger partial charge is 0.339 e. The maximum absolute atomic E-state index is 12.9. The van der Waals surface area contributed by atoms with Crippen LogP contribution in [0.1, 0.15) is 40.2 Å². The molecule has 218 valence electrons. The lowest BCUT2D eigenvalue weighted by Crippen LogP contribution is -2.14. The summed E-state index contributed by atoms with van der Waals surface area (Å²) >= 11 is 0. The number of carbonyl (C=O) groups is 5. The van der Waals surface area contributed by atoms with Crippen molar-refractivity contribution in [3.63, 3.8) is 0 Å². The standard InChI is InChI=1S/C32H30O10/c1-17(2)28(33)39-24-12-10-22(15-26(24)41-30(35)19(5)6)14-21(9)32(37)38-23-11-13-25(40-29(34)18(3)4)27(16-23)42-31(36)20(7)8/h10-16H,1,3,5,7H2,2,4,6,8-9H3. The quantitative estimate of drug-likeness (QED) is 0.189. The predicted molar refractivity (Wildman–Crippen MR) is 154 cm³/mol. The van der Waals surface area contributed by atoms with E-state index >= 15 is 0 Å². The highest BCUT2D eigenvalue weighted by Gasteiger charge is 2.19. The van der Waals surface area contributed by atoms with E-state index in [1.807, 2.05) is 0 Å². The summed E-state index contributed by atoms with van der Waals surface area (Å²) in [6, 6.07) is 8.13. The van der Waals surface area contributed by atoms with Gasteiger partial charge in [-0.3, -0.25) is 0 Å².